The number of nitrogens with zero attached hydrogens (tertiary/aromatic N) is 1. The van der Waals surface area contributed by atoms with Gasteiger partial charge in [-0.05, 0) is 13.3 Å². The van der Waals surface area contributed by atoms with E-state index in [9.17, 15) is 14.4 Å². The average molecular weight is 307 g/mol. The van der Waals surface area contributed by atoms with Gasteiger partial charge in [-0.1, -0.05) is 42.1 Å². The van der Waals surface area contributed by atoms with Crippen LogP contribution in [0, 0.1) is 0 Å². The molecule has 0 spiro atoms. The molecule has 21 heavy (non-hydrogen) atoms. The number of esters is 1. The Morgan fingerprint density at radius 3 is 2.71 bits per heavy atom. The third kappa shape index (κ3) is 4.07. The highest BCUT2D eigenvalue weighted by Crippen LogP contribution is 2.27. The maximum absolute atomic E-state index is 12.2. The van der Waals surface area contributed by atoms with Crippen molar-refractivity contribution >= 4 is 28.8 Å². The molecule has 1 heterocycles. The summed E-state index contributed by atoms with van der Waals surface area (Å²) in [5, 5.41) is -0.529. The highest BCUT2D eigenvalue weighted by atomic mass is 32.2. The smallest absolute Gasteiger partial charge is 0.325 e. The van der Waals surface area contributed by atoms with Crippen molar-refractivity contribution in [1.29, 1.82) is 0 Å². The lowest BCUT2D eigenvalue weighted by atomic mass is 10.2. The number of amides is 1. The first-order chi connectivity index (χ1) is 10.1. The second-order valence-corrected chi connectivity index (χ2v) is 5.79. The molecule has 112 valence electrons. The van der Waals surface area contributed by atoms with Crippen molar-refractivity contribution in [3.63, 3.8) is 0 Å². The Hall–Kier alpha value is -1.82. The topological polar surface area (TPSA) is 63.7 Å². The fourth-order valence-corrected chi connectivity index (χ4v) is 3.11. The van der Waals surface area contributed by atoms with Gasteiger partial charge in [0, 0.05) is 12.1 Å². The van der Waals surface area contributed by atoms with E-state index in [1.54, 1.807) is 31.2 Å². The summed E-state index contributed by atoms with van der Waals surface area (Å²) in [4.78, 5) is 37.1. The van der Waals surface area contributed by atoms with Gasteiger partial charge in [0.1, 0.15) is 6.54 Å². The molecule has 1 aromatic carbocycles. The molecule has 0 bridgehead atoms. The first kappa shape index (κ1) is 15.6. The van der Waals surface area contributed by atoms with Crippen LogP contribution in [0.15, 0.2) is 30.3 Å². The molecule has 0 aliphatic carbocycles. The highest BCUT2D eigenvalue weighted by molar-refractivity contribution is 8.15. The minimum atomic E-state index is -0.411. The van der Waals surface area contributed by atoms with E-state index < -0.39 is 11.2 Å². The summed E-state index contributed by atoms with van der Waals surface area (Å²) in [6.07, 6.45) is 0.571. The average Bonchev–Trinajstić information content (AvgIpc) is 2.81. The molecule has 0 aromatic heterocycles. The molecule has 1 amide bonds. The van der Waals surface area contributed by atoms with Crippen LogP contribution in [0.2, 0.25) is 0 Å². The van der Waals surface area contributed by atoms with Crippen LogP contribution in [-0.2, 0) is 14.3 Å². The largest absolute Gasteiger partial charge is 0.465 e. The molecule has 1 saturated heterocycles. The molecule has 1 fully saturated rings. The highest BCUT2D eigenvalue weighted by Gasteiger charge is 2.35. The van der Waals surface area contributed by atoms with E-state index >= 15 is 0 Å². The SMILES string of the molecule is CCOC(=O)CN1CCC(SC(=O)c2ccccc2)C1=O. The molecule has 1 aliphatic rings. The van der Waals surface area contributed by atoms with Crippen LogP contribution < -0.4 is 0 Å². The molecule has 1 unspecified atom stereocenters. The Morgan fingerprint density at radius 2 is 2.05 bits per heavy atom. The first-order valence-corrected chi connectivity index (χ1v) is 7.70. The van der Waals surface area contributed by atoms with Gasteiger partial charge in [0.05, 0.1) is 11.9 Å². The van der Waals surface area contributed by atoms with Crippen molar-refractivity contribution in [3.05, 3.63) is 35.9 Å². The number of likely N-dealkylation sites (tertiary alicyclic amines) is 1. The maximum Gasteiger partial charge on any atom is 0.325 e. The number of ether oxygens (including phenoxy) is 1. The minimum Gasteiger partial charge on any atom is -0.465 e. The minimum absolute atomic E-state index is 0.0384. The van der Waals surface area contributed by atoms with Crippen molar-refractivity contribution < 1.29 is 19.1 Å². The van der Waals surface area contributed by atoms with Crippen molar-refractivity contribution in [2.75, 3.05) is 19.7 Å². The summed E-state index contributed by atoms with van der Waals surface area (Å²) in [5.41, 5.74) is 0.583. The first-order valence-electron chi connectivity index (χ1n) is 6.82. The molecular formula is C15H17NO4S. The van der Waals surface area contributed by atoms with Crippen LogP contribution in [0.5, 0.6) is 0 Å². The van der Waals surface area contributed by atoms with Crippen LogP contribution in [-0.4, -0.2) is 46.8 Å². The summed E-state index contributed by atoms with van der Waals surface area (Å²) < 4.78 is 4.83. The predicted molar refractivity (Wildman–Crippen MR) is 80.0 cm³/mol. The summed E-state index contributed by atoms with van der Waals surface area (Å²) in [5.74, 6) is -0.580. The van der Waals surface area contributed by atoms with Crippen LogP contribution >= 0.6 is 11.8 Å². The van der Waals surface area contributed by atoms with E-state index in [4.69, 9.17) is 4.74 Å². The number of hydrogen-bond donors (Lipinski definition) is 0. The molecule has 5 nitrogen and oxygen atoms in total. The molecule has 2 rings (SSSR count). The second kappa shape index (κ2) is 7.26. The normalized spacial score (nSPS) is 17.9. The fraction of sp³-hybridized carbons (Fsp3) is 0.400. The number of hydrogen-bond acceptors (Lipinski definition) is 5. The van der Waals surface area contributed by atoms with Crippen LogP contribution in [0.25, 0.3) is 0 Å². The van der Waals surface area contributed by atoms with Crippen molar-refractivity contribution in [2.24, 2.45) is 0 Å². The van der Waals surface area contributed by atoms with Gasteiger partial charge < -0.3 is 9.64 Å². The van der Waals surface area contributed by atoms with E-state index in [0.29, 0.717) is 25.1 Å². The van der Waals surface area contributed by atoms with Crippen molar-refractivity contribution in [2.45, 2.75) is 18.6 Å². The summed E-state index contributed by atoms with van der Waals surface area (Å²) in [7, 11) is 0. The lowest BCUT2D eigenvalue weighted by Crippen LogP contribution is -2.34. The predicted octanol–water partition coefficient (Wildman–Crippen LogP) is 1.72. The fourth-order valence-electron chi connectivity index (χ4n) is 2.11. The van der Waals surface area contributed by atoms with Crippen LogP contribution in [0.1, 0.15) is 23.7 Å². The Balaban J connectivity index is 1.90. The lowest BCUT2D eigenvalue weighted by Gasteiger charge is -2.15. The molecule has 0 N–H and O–H groups in total. The van der Waals surface area contributed by atoms with Gasteiger partial charge in [0.25, 0.3) is 0 Å². The van der Waals surface area contributed by atoms with Crippen LogP contribution in [0.3, 0.4) is 0 Å². The number of carbonyl (C=O) groups excluding carboxylic acids is 3. The number of carbonyl (C=O) groups is 3. The quantitative estimate of drug-likeness (QED) is 0.775. The monoisotopic (exact) mass is 307 g/mol. The van der Waals surface area contributed by atoms with Gasteiger partial charge in [-0.3, -0.25) is 14.4 Å². The van der Waals surface area contributed by atoms with Crippen molar-refractivity contribution in [3.8, 4) is 0 Å². The summed E-state index contributed by atoms with van der Waals surface area (Å²) >= 11 is 1.03. The molecule has 1 aromatic rings. The molecule has 1 aliphatic heterocycles. The van der Waals surface area contributed by atoms with Gasteiger partial charge in [-0.2, -0.15) is 0 Å². The summed E-state index contributed by atoms with van der Waals surface area (Å²) in [6, 6.07) is 8.87. The van der Waals surface area contributed by atoms with Gasteiger partial charge in [-0.25, -0.2) is 0 Å². The zero-order valence-corrected chi connectivity index (χ0v) is 12.6. The zero-order chi connectivity index (χ0) is 15.2. The third-order valence-electron chi connectivity index (χ3n) is 3.13. The zero-order valence-electron chi connectivity index (χ0n) is 11.8. The van der Waals surface area contributed by atoms with Gasteiger partial charge >= 0.3 is 5.97 Å². The van der Waals surface area contributed by atoms with Gasteiger partial charge in [-0.15, -0.1) is 0 Å². The molecule has 0 radical (unpaired) electrons. The molecule has 6 heteroatoms. The molecular weight excluding hydrogens is 290 g/mol. The van der Waals surface area contributed by atoms with Crippen molar-refractivity contribution in [1.82, 2.24) is 4.90 Å². The van der Waals surface area contributed by atoms with E-state index in [1.807, 2.05) is 6.07 Å². The lowest BCUT2D eigenvalue weighted by molar-refractivity contribution is -0.147. The van der Waals surface area contributed by atoms with E-state index in [1.165, 1.54) is 4.90 Å². The number of rotatable bonds is 5. The van der Waals surface area contributed by atoms with Gasteiger partial charge in [0.15, 0.2) is 0 Å². The Morgan fingerprint density at radius 1 is 1.33 bits per heavy atom. The Bertz CT molecular complexity index is 532. The Labute approximate surface area is 127 Å². The molecule has 0 saturated carbocycles. The number of thioether (sulfide) groups is 1. The maximum atomic E-state index is 12.2. The summed E-state index contributed by atoms with van der Waals surface area (Å²) in [6.45, 7) is 2.47. The molecule has 1 atom stereocenters. The second-order valence-electron chi connectivity index (χ2n) is 4.61. The van der Waals surface area contributed by atoms with E-state index in [2.05, 4.69) is 0 Å². The standard InChI is InChI=1S/C15H17NO4S/c1-2-20-13(17)10-16-9-8-12(14(16)18)21-15(19)11-6-4-3-5-7-11/h3-7,12H,2,8-10H2,1H3. The third-order valence-corrected chi connectivity index (χ3v) is 4.30. The van der Waals surface area contributed by atoms with Gasteiger partial charge in [0.2, 0.25) is 11.0 Å². The van der Waals surface area contributed by atoms with E-state index in [-0.39, 0.29) is 17.6 Å². The van der Waals surface area contributed by atoms with E-state index in [0.717, 1.165) is 11.8 Å². The van der Waals surface area contributed by atoms with Crippen LogP contribution in [0.4, 0.5) is 0 Å². The Kier molecular flexibility index (Phi) is 5.38. The number of benzene rings is 1.